The van der Waals surface area contributed by atoms with E-state index in [2.05, 4.69) is 15.9 Å². The summed E-state index contributed by atoms with van der Waals surface area (Å²) in [6.07, 6.45) is 0. The molecule has 2 nitrogen and oxygen atoms in total. The summed E-state index contributed by atoms with van der Waals surface area (Å²) in [5.41, 5.74) is 0.369. The number of nitrogens with zero attached hydrogens (tertiary/aromatic N) is 1. The Bertz CT molecular complexity index is 570. The molecule has 0 atom stereocenters. The van der Waals surface area contributed by atoms with Crippen molar-refractivity contribution in [3.8, 4) is 0 Å². The Balaban J connectivity index is 2.09. The molecular formula is C13H11BrFNOS. The third-order valence-electron chi connectivity index (χ3n) is 2.44. The first kappa shape index (κ1) is 13.2. The van der Waals surface area contributed by atoms with Crippen LogP contribution in [0.4, 0.5) is 4.39 Å². The van der Waals surface area contributed by atoms with Crippen LogP contribution in [0.15, 0.2) is 40.2 Å². The Morgan fingerprint density at radius 1 is 1.39 bits per heavy atom. The van der Waals surface area contributed by atoms with E-state index in [0.717, 1.165) is 8.66 Å². The van der Waals surface area contributed by atoms with Crippen LogP contribution in [0.3, 0.4) is 0 Å². The summed E-state index contributed by atoms with van der Waals surface area (Å²) in [5.74, 6) is -0.577. The second kappa shape index (κ2) is 5.63. The molecule has 1 heterocycles. The average Bonchev–Trinajstić information content (AvgIpc) is 2.73. The SMILES string of the molecule is CN(Cc1ccc(Br)s1)C(=O)c1cccc(F)c1. The molecule has 0 N–H and O–H groups in total. The normalized spacial score (nSPS) is 10.4. The van der Waals surface area contributed by atoms with E-state index in [1.807, 2.05) is 12.1 Å². The molecule has 1 aromatic heterocycles. The fourth-order valence-corrected chi connectivity index (χ4v) is 3.12. The fourth-order valence-electron chi connectivity index (χ4n) is 1.58. The molecular weight excluding hydrogens is 317 g/mol. The molecule has 0 saturated heterocycles. The molecule has 0 fully saturated rings. The second-order valence-electron chi connectivity index (χ2n) is 3.88. The number of thiophene rings is 1. The van der Waals surface area contributed by atoms with Crippen molar-refractivity contribution in [2.75, 3.05) is 7.05 Å². The summed E-state index contributed by atoms with van der Waals surface area (Å²) in [5, 5.41) is 0. The molecule has 0 radical (unpaired) electrons. The lowest BCUT2D eigenvalue weighted by molar-refractivity contribution is 0.0786. The minimum atomic E-state index is -0.395. The molecule has 0 aliphatic carbocycles. The second-order valence-corrected chi connectivity index (χ2v) is 6.42. The lowest BCUT2D eigenvalue weighted by Crippen LogP contribution is -2.25. The van der Waals surface area contributed by atoms with Gasteiger partial charge in [0.1, 0.15) is 5.82 Å². The maximum absolute atomic E-state index is 13.0. The lowest BCUT2D eigenvalue weighted by atomic mass is 10.2. The number of rotatable bonds is 3. The summed E-state index contributed by atoms with van der Waals surface area (Å²) in [7, 11) is 1.71. The van der Waals surface area contributed by atoms with E-state index >= 15 is 0 Å². The van der Waals surface area contributed by atoms with Crippen LogP contribution in [0, 0.1) is 5.82 Å². The van der Waals surface area contributed by atoms with Crippen molar-refractivity contribution in [1.82, 2.24) is 4.90 Å². The van der Waals surface area contributed by atoms with Crippen molar-refractivity contribution >= 4 is 33.2 Å². The first-order valence-electron chi connectivity index (χ1n) is 5.31. The van der Waals surface area contributed by atoms with E-state index in [1.54, 1.807) is 29.4 Å². The van der Waals surface area contributed by atoms with Gasteiger partial charge in [0.15, 0.2) is 0 Å². The van der Waals surface area contributed by atoms with Crippen LogP contribution in [0.5, 0.6) is 0 Å². The summed E-state index contributed by atoms with van der Waals surface area (Å²) < 4.78 is 14.1. The van der Waals surface area contributed by atoms with Crippen LogP contribution in [0.2, 0.25) is 0 Å². The van der Waals surface area contributed by atoms with Gasteiger partial charge in [0.2, 0.25) is 0 Å². The molecule has 0 unspecified atom stereocenters. The van der Waals surface area contributed by atoms with Gasteiger partial charge in [0.25, 0.3) is 5.91 Å². The number of carbonyl (C=O) groups is 1. The van der Waals surface area contributed by atoms with Crippen molar-refractivity contribution in [3.05, 3.63) is 56.4 Å². The molecule has 0 spiro atoms. The molecule has 0 bridgehead atoms. The third-order valence-corrected chi connectivity index (χ3v) is 4.05. The van der Waals surface area contributed by atoms with Gasteiger partial charge in [-0.1, -0.05) is 6.07 Å². The van der Waals surface area contributed by atoms with Crippen LogP contribution in [-0.2, 0) is 6.54 Å². The monoisotopic (exact) mass is 327 g/mol. The summed E-state index contributed by atoms with van der Waals surface area (Å²) >= 11 is 4.96. The van der Waals surface area contributed by atoms with Crippen LogP contribution in [-0.4, -0.2) is 17.9 Å². The van der Waals surface area contributed by atoms with Crippen molar-refractivity contribution in [2.45, 2.75) is 6.54 Å². The number of benzene rings is 1. The molecule has 18 heavy (non-hydrogen) atoms. The number of hydrogen-bond donors (Lipinski definition) is 0. The van der Waals surface area contributed by atoms with Gasteiger partial charge in [0.05, 0.1) is 10.3 Å². The summed E-state index contributed by atoms with van der Waals surface area (Å²) in [6, 6.07) is 9.64. The van der Waals surface area contributed by atoms with Gasteiger partial charge in [-0.3, -0.25) is 4.79 Å². The molecule has 94 valence electrons. The highest BCUT2D eigenvalue weighted by molar-refractivity contribution is 9.11. The maximum atomic E-state index is 13.0. The fraction of sp³-hybridized carbons (Fsp3) is 0.154. The van der Waals surface area contributed by atoms with Crippen LogP contribution in [0.1, 0.15) is 15.2 Å². The Morgan fingerprint density at radius 3 is 2.78 bits per heavy atom. The standard InChI is InChI=1S/C13H11BrFNOS/c1-16(8-11-5-6-12(14)18-11)13(17)9-3-2-4-10(15)7-9/h2-7H,8H2,1H3. The lowest BCUT2D eigenvalue weighted by Gasteiger charge is -2.16. The largest absolute Gasteiger partial charge is 0.337 e. The predicted octanol–water partition coefficient (Wildman–Crippen LogP) is 3.92. The van der Waals surface area contributed by atoms with Crippen molar-refractivity contribution < 1.29 is 9.18 Å². The minimum absolute atomic E-state index is 0.181. The Hall–Kier alpha value is -1.20. The van der Waals surface area contributed by atoms with Crippen LogP contribution >= 0.6 is 27.3 Å². The Labute approximate surface area is 117 Å². The Kier molecular flexibility index (Phi) is 4.14. The zero-order chi connectivity index (χ0) is 13.1. The number of amides is 1. The van der Waals surface area contributed by atoms with Gasteiger partial charge >= 0.3 is 0 Å². The van der Waals surface area contributed by atoms with Gasteiger partial charge in [-0.25, -0.2) is 4.39 Å². The zero-order valence-corrected chi connectivity index (χ0v) is 12.1. The van der Waals surface area contributed by atoms with Crippen molar-refractivity contribution in [2.24, 2.45) is 0 Å². The van der Waals surface area contributed by atoms with E-state index < -0.39 is 5.82 Å². The van der Waals surface area contributed by atoms with E-state index in [9.17, 15) is 9.18 Å². The van der Waals surface area contributed by atoms with Gasteiger partial charge in [-0.05, 0) is 46.3 Å². The van der Waals surface area contributed by atoms with Crippen molar-refractivity contribution in [1.29, 1.82) is 0 Å². The maximum Gasteiger partial charge on any atom is 0.254 e. The van der Waals surface area contributed by atoms with E-state index in [0.29, 0.717) is 12.1 Å². The minimum Gasteiger partial charge on any atom is -0.337 e. The molecule has 1 aromatic carbocycles. The van der Waals surface area contributed by atoms with Crippen molar-refractivity contribution in [3.63, 3.8) is 0 Å². The molecule has 1 amide bonds. The predicted molar refractivity (Wildman–Crippen MR) is 74.2 cm³/mol. The smallest absolute Gasteiger partial charge is 0.254 e. The van der Waals surface area contributed by atoms with Gasteiger partial charge in [-0.2, -0.15) is 0 Å². The molecule has 2 aromatic rings. The van der Waals surface area contributed by atoms with Gasteiger partial charge < -0.3 is 4.90 Å². The molecule has 0 aliphatic rings. The van der Waals surface area contributed by atoms with Gasteiger partial charge in [-0.15, -0.1) is 11.3 Å². The zero-order valence-electron chi connectivity index (χ0n) is 9.69. The first-order chi connectivity index (χ1) is 8.56. The first-order valence-corrected chi connectivity index (χ1v) is 6.92. The molecule has 0 saturated carbocycles. The summed E-state index contributed by atoms with van der Waals surface area (Å²) in [6.45, 7) is 0.519. The topological polar surface area (TPSA) is 20.3 Å². The molecule has 5 heteroatoms. The number of hydrogen-bond acceptors (Lipinski definition) is 2. The number of carbonyl (C=O) groups excluding carboxylic acids is 1. The highest BCUT2D eigenvalue weighted by atomic mass is 79.9. The van der Waals surface area contributed by atoms with E-state index in [4.69, 9.17) is 0 Å². The van der Waals surface area contributed by atoms with Crippen LogP contribution in [0.25, 0.3) is 0 Å². The quantitative estimate of drug-likeness (QED) is 0.836. The van der Waals surface area contributed by atoms with E-state index in [-0.39, 0.29) is 5.91 Å². The highest BCUT2D eigenvalue weighted by Gasteiger charge is 2.13. The third kappa shape index (κ3) is 3.17. The van der Waals surface area contributed by atoms with E-state index in [1.165, 1.54) is 18.2 Å². The number of halogens is 2. The highest BCUT2D eigenvalue weighted by Crippen LogP contribution is 2.23. The average molecular weight is 328 g/mol. The van der Waals surface area contributed by atoms with Crippen LogP contribution < -0.4 is 0 Å². The molecule has 0 aliphatic heterocycles. The molecule has 2 rings (SSSR count). The van der Waals surface area contributed by atoms with Gasteiger partial charge in [0, 0.05) is 17.5 Å². The summed E-state index contributed by atoms with van der Waals surface area (Å²) in [4.78, 5) is 14.7. The Morgan fingerprint density at radius 2 is 2.17 bits per heavy atom.